The van der Waals surface area contributed by atoms with Crippen molar-refractivity contribution in [1.29, 1.82) is 0 Å². The molecule has 33 heavy (non-hydrogen) atoms. The Balaban J connectivity index is 1.61. The lowest BCUT2D eigenvalue weighted by molar-refractivity contribution is -0.172. The first kappa shape index (κ1) is 20.2. The lowest BCUT2D eigenvalue weighted by atomic mass is 9.86. The average Bonchev–Trinajstić information content (AvgIpc) is 3.17. The molecule has 3 aromatic rings. The van der Waals surface area contributed by atoms with Crippen LogP contribution in [0.1, 0.15) is 49.4 Å². The summed E-state index contributed by atoms with van der Waals surface area (Å²) in [5.41, 5.74) is 3.84. The summed E-state index contributed by atoms with van der Waals surface area (Å²) in [5, 5.41) is 15.5. The van der Waals surface area contributed by atoms with Crippen LogP contribution < -0.4 is 15.6 Å². The van der Waals surface area contributed by atoms with Gasteiger partial charge in [0.25, 0.3) is 5.56 Å². The number of hydrogen-bond acceptors (Lipinski definition) is 7. The zero-order valence-electron chi connectivity index (χ0n) is 18.8. The maximum atomic E-state index is 13.4. The number of hydrogen-bond donors (Lipinski definition) is 2. The molecule has 5 heterocycles. The van der Waals surface area contributed by atoms with Gasteiger partial charge in [-0.05, 0) is 44.0 Å². The highest BCUT2D eigenvalue weighted by atomic mass is 16.6. The summed E-state index contributed by atoms with van der Waals surface area (Å²) in [4.78, 5) is 30.7. The zero-order chi connectivity index (χ0) is 23.1. The number of esters is 1. The van der Waals surface area contributed by atoms with Gasteiger partial charge >= 0.3 is 5.97 Å². The van der Waals surface area contributed by atoms with Gasteiger partial charge in [-0.25, -0.2) is 9.78 Å². The van der Waals surface area contributed by atoms with Crippen LogP contribution in [0.15, 0.2) is 23.0 Å². The number of rotatable bonds is 3. The van der Waals surface area contributed by atoms with E-state index in [4.69, 9.17) is 14.5 Å². The van der Waals surface area contributed by atoms with E-state index in [0.29, 0.717) is 30.0 Å². The molecule has 1 atom stereocenters. The van der Waals surface area contributed by atoms with Gasteiger partial charge in [-0.3, -0.25) is 4.79 Å². The summed E-state index contributed by atoms with van der Waals surface area (Å²) in [6, 6.07) is 5.97. The van der Waals surface area contributed by atoms with E-state index in [-0.39, 0.29) is 24.6 Å². The van der Waals surface area contributed by atoms with Crippen LogP contribution in [0.25, 0.3) is 22.3 Å². The second-order valence-corrected chi connectivity index (χ2v) is 9.25. The Morgan fingerprint density at radius 1 is 1.21 bits per heavy atom. The zero-order valence-corrected chi connectivity index (χ0v) is 18.8. The fraction of sp³-hybridized carbons (Fsp3) is 0.400. The van der Waals surface area contributed by atoms with Gasteiger partial charge in [-0.1, -0.05) is 6.92 Å². The van der Waals surface area contributed by atoms with Gasteiger partial charge in [0.1, 0.15) is 6.61 Å². The standard InChI is InChI=1S/C25H25N3O5/c1-4-25(31)16-9-19-21-14(10-28(19)23(29)15(16)11-33-24(25)30)13-7-8-32-22-18(26-12(2)3)6-5-17(27-21)20(13)22/h5-6,9,12,26,31H,4,7-8,10-11H2,1-3H3/t25-/m0/s1. The Bertz CT molecular complexity index is 1420. The van der Waals surface area contributed by atoms with E-state index in [1.165, 1.54) is 0 Å². The molecule has 3 aliphatic rings. The van der Waals surface area contributed by atoms with E-state index in [9.17, 15) is 14.7 Å². The second-order valence-electron chi connectivity index (χ2n) is 9.25. The molecule has 0 amide bonds. The number of anilines is 1. The first-order valence-corrected chi connectivity index (χ1v) is 11.4. The van der Waals surface area contributed by atoms with Crippen LogP contribution in [0.5, 0.6) is 5.75 Å². The van der Waals surface area contributed by atoms with Crippen molar-refractivity contribution in [2.45, 2.75) is 58.4 Å². The summed E-state index contributed by atoms with van der Waals surface area (Å²) in [5.74, 6) is 0.0910. The van der Waals surface area contributed by atoms with Crippen LogP contribution in [0.3, 0.4) is 0 Å². The summed E-state index contributed by atoms with van der Waals surface area (Å²) in [7, 11) is 0. The number of fused-ring (bicyclic) bond motifs is 5. The second kappa shape index (κ2) is 6.81. The summed E-state index contributed by atoms with van der Waals surface area (Å²) in [6.07, 6.45) is 0.847. The minimum Gasteiger partial charge on any atom is -0.490 e. The maximum Gasteiger partial charge on any atom is 0.343 e. The van der Waals surface area contributed by atoms with Gasteiger partial charge in [-0.15, -0.1) is 0 Å². The number of nitrogens with one attached hydrogen (secondary N) is 1. The molecule has 0 radical (unpaired) electrons. The smallest absolute Gasteiger partial charge is 0.343 e. The number of aliphatic hydroxyl groups is 1. The predicted molar refractivity (Wildman–Crippen MR) is 122 cm³/mol. The lowest BCUT2D eigenvalue weighted by Crippen LogP contribution is -2.44. The molecule has 0 aliphatic carbocycles. The molecule has 3 aliphatic heterocycles. The number of aromatic nitrogens is 2. The first-order chi connectivity index (χ1) is 15.8. The number of pyridine rings is 2. The third-order valence-corrected chi connectivity index (χ3v) is 6.96. The molecule has 0 saturated heterocycles. The molecule has 0 bridgehead atoms. The van der Waals surface area contributed by atoms with Crippen molar-refractivity contribution >= 4 is 22.6 Å². The molecule has 170 valence electrons. The van der Waals surface area contributed by atoms with Crippen LogP contribution >= 0.6 is 0 Å². The highest BCUT2D eigenvalue weighted by Crippen LogP contribution is 2.45. The van der Waals surface area contributed by atoms with Crippen molar-refractivity contribution in [2.24, 2.45) is 0 Å². The van der Waals surface area contributed by atoms with E-state index in [0.717, 1.165) is 45.6 Å². The molecular formula is C25H25N3O5. The van der Waals surface area contributed by atoms with Gasteiger partial charge < -0.3 is 24.5 Å². The van der Waals surface area contributed by atoms with E-state index >= 15 is 0 Å². The van der Waals surface area contributed by atoms with Crippen LogP contribution in [0.4, 0.5) is 5.69 Å². The average molecular weight is 447 g/mol. The van der Waals surface area contributed by atoms with Crippen molar-refractivity contribution in [3.63, 3.8) is 0 Å². The highest BCUT2D eigenvalue weighted by molar-refractivity contribution is 5.97. The van der Waals surface area contributed by atoms with Crippen LogP contribution in [0.2, 0.25) is 0 Å². The largest absolute Gasteiger partial charge is 0.490 e. The molecule has 2 aromatic heterocycles. The number of cyclic esters (lactones) is 1. The van der Waals surface area contributed by atoms with Gasteiger partial charge in [-0.2, -0.15) is 0 Å². The molecule has 0 fully saturated rings. The monoisotopic (exact) mass is 447 g/mol. The molecule has 0 unspecified atom stereocenters. The number of benzene rings is 1. The first-order valence-electron chi connectivity index (χ1n) is 11.4. The third kappa shape index (κ3) is 2.64. The number of carbonyl (C=O) groups is 1. The fourth-order valence-corrected chi connectivity index (χ4v) is 5.34. The fourth-order valence-electron chi connectivity index (χ4n) is 5.34. The van der Waals surface area contributed by atoms with Crippen LogP contribution in [0, 0.1) is 0 Å². The van der Waals surface area contributed by atoms with Gasteiger partial charge in [0.05, 0.1) is 41.3 Å². The highest BCUT2D eigenvalue weighted by Gasteiger charge is 2.45. The number of nitrogens with zero attached hydrogens (tertiary/aromatic N) is 2. The van der Waals surface area contributed by atoms with E-state index in [1.54, 1.807) is 17.6 Å². The van der Waals surface area contributed by atoms with Gasteiger partial charge in [0, 0.05) is 29.0 Å². The quantitative estimate of drug-likeness (QED) is 0.466. The van der Waals surface area contributed by atoms with Crippen molar-refractivity contribution in [3.8, 4) is 17.1 Å². The Kier molecular flexibility index (Phi) is 4.17. The maximum absolute atomic E-state index is 13.4. The van der Waals surface area contributed by atoms with E-state index in [1.807, 2.05) is 12.1 Å². The molecular weight excluding hydrogens is 422 g/mol. The SMILES string of the molecule is CC[C@@]1(O)C(=O)OCc2c1cc1n(c2=O)Cc2c-1nc1ccc(NC(C)C)c3c1c2CCO3. The van der Waals surface area contributed by atoms with E-state index < -0.39 is 11.6 Å². The van der Waals surface area contributed by atoms with Crippen molar-refractivity contribution in [3.05, 3.63) is 50.8 Å². The van der Waals surface area contributed by atoms with Crippen molar-refractivity contribution in [1.82, 2.24) is 9.55 Å². The number of carbonyl (C=O) groups excluding carboxylic acids is 1. The predicted octanol–water partition coefficient (Wildman–Crippen LogP) is 2.83. The molecule has 8 heteroatoms. The van der Waals surface area contributed by atoms with E-state index in [2.05, 4.69) is 19.2 Å². The lowest BCUT2D eigenvalue weighted by Gasteiger charge is -2.31. The summed E-state index contributed by atoms with van der Waals surface area (Å²) in [6.45, 7) is 6.69. The van der Waals surface area contributed by atoms with Crippen molar-refractivity contribution in [2.75, 3.05) is 11.9 Å². The van der Waals surface area contributed by atoms with Crippen molar-refractivity contribution < 1.29 is 19.4 Å². The topological polar surface area (TPSA) is 103 Å². The van der Waals surface area contributed by atoms with Gasteiger partial charge in [0.2, 0.25) is 0 Å². The molecule has 1 aromatic carbocycles. The normalized spacial score (nSPS) is 20.2. The molecule has 0 spiro atoms. The minimum absolute atomic E-state index is 0.122. The Morgan fingerprint density at radius 3 is 2.79 bits per heavy atom. The Hall–Kier alpha value is -3.39. The molecule has 0 saturated carbocycles. The summed E-state index contributed by atoms with van der Waals surface area (Å²) < 4.78 is 12.9. The molecule has 2 N–H and O–H groups in total. The number of ether oxygens (including phenoxy) is 2. The van der Waals surface area contributed by atoms with Crippen LogP contribution in [-0.4, -0.2) is 33.3 Å². The Labute approximate surface area is 190 Å². The van der Waals surface area contributed by atoms with Crippen LogP contribution in [-0.2, 0) is 34.7 Å². The minimum atomic E-state index is -1.82. The molecule has 6 rings (SSSR count). The third-order valence-electron chi connectivity index (χ3n) is 6.96. The Morgan fingerprint density at radius 2 is 2.03 bits per heavy atom. The summed E-state index contributed by atoms with van der Waals surface area (Å²) >= 11 is 0. The molecule has 8 nitrogen and oxygen atoms in total. The van der Waals surface area contributed by atoms with Gasteiger partial charge in [0.15, 0.2) is 11.4 Å².